The molecule has 1 saturated heterocycles. The van der Waals surface area contributed by atoms with Crippen molar-refractivity contribution in [1.29, 1.82) is 0 Å². The van der Waals surface area contributed by atoms with E-state index in [2.05, 4.69) is 15.6 Å². The molecule has 1 aromatic heterocycles. The van der Waals surface area contributed by atoms with Gasteiger partial charge >= 0.3 is 0 Å². The number of piperidine rings is 1. The average molecular weight is 398 g/mol. The maximum absolute atomic E-state index is 12.0. The minimum Gasteiger partial charge on any atom is -0.438 e. The second-order valence-electron chi connectivity index (χ2n) is 6.54. The van der Waals surface area contributed by atoms with Crippen molar-refractivity contribution in [2.24, 2.45) is 5.92 Å². The molecule has 0 atom stereocenters. The molecule has 1 aliphatic heterocycles. The van der Waals surface area contributed by atoms with E-state index in [-0.39, 0.29) is 18.3 Å². The Kier molecular flexibility index (Phi) is 7.94. The van der Waals surface area contributed by atoms with Gasteiger partial charge in [0.25, 0.3) is 0 Å². The van der Waals surface area contributed by atoms with Crippen LogP contribution in [0.4, 0.5) is 0 Å². The zero-order chi connectivity index (χ0) is 17.6. The van der Waals surface area contributed by atoms with E-state index in [4.69, 9.17) is 16.0 Å². The fourth-order valence-corrected chi connectivity index (χ4v) is 3.29. The van der Waals surface area contributed by atoms with Crippen molar-refractivity contribution < 1.29 is 9.21 Å². The van der Waals surface area contributed by atoms with Gasteiger partial charge in [-0.2, -0.15) is 0 Å². The Labute approximate surface area is 165 Å². The van der Waals surface area contributed by atoms with E-state index in [1.165, 1.54) is 0 Å². The Hall–Kier alpha value is -1.56. The molecule has 1 fully saturated rings. The molecule has 142 valence electrons. The number of rotatable bonds is 6. The topological polar surface area (TPSA) is 67.2 Å². The van der Waals surface area contributed by atoms with Crippen LogP contribution < -0.4 is 10.6 Å². The minimum atomic E-state index is 0. The average Bonchev–Trinajstić information content (AvgIpc) is 3.00. The largest absolute Gasteiger partial charge is 0.438 e. The Morgan fingerprint density at radius 1 is 1.31 bits per heavy atom. The van der Waals surface area contributed by atoms with Crippen LogP contribution in [0.1, 0.15) is 37.3 Å². The zero-order valence-electron chi connectivity index (χ0n) is 14.9. The van der Waals surface area contributed by atoms with Crippen LogP contribution in [0.2, 0.25) is 5.02 Å². The molecule has 0 bridgehead atoms. The second-order valence-corrected chi connectivity index (χ2v) is 6.97. The number of hydrogen-bond donors (Lipinski definition) is 2. The lowest BCUT2D eigenvalue weighted by Crippen LogP contribution is -2.29. The summed E-state index contributed by atoms with van der Waals surface area (Å²) in [5, 5.41) is 6.93. The first kappa shape index (κ1) is 20.7. The van der Waals surface area contributed by atoms with Crippen LogP contribution >= 0.6 is 24.0 Å². The van der Waals surface area contributed by atoms with Gasteiger partial charge in [-0.25, -0.2) is 4.98 Å². The fourth-order valence-electron chi connectivity index (χ4n) is 3.17. The number of hydrogen-bond acceptors (Lipinski definition) is 4. The van der Waals surface area contributed by atoms with Gasteiger partial charge < -0.3 is 15.1 Å². The number of benzene rings is 1. The standard InChI is InChI=1S/C19H24ClN3O2.ClH/c1-13-19(15-3-5-16(20)6-4-15)25-18(23-13)12-22-17(24)7-2-14-8-10-21-11-9-14;/h3-6,14,21H,2,7-12H2,1H3,(H,22,24);1H. The highest BCUT2D eigenvalue weighted by molar-refractivity contribution is 6.30. The summed E-state index contributed by atoms with van der Waals surface area (Å²) in [6.07, 6.45) is 3.84. The zero-order valence-corrected chi connectivity index (χ0v) is 16.5. The smallest absolute Gasteiger partial charge is 0.220 e. The predicted octanol–water partition coefficient (Wildman–Crippen LogP) is 4.12. The SMILES string of the molecule is Cc1nc(CNC(=O)CCC2CCNCC2)oc1-c1ccc(Cl)cc1.Cl. The van der Waals surface area contributed by atoms with Crippen molar-refractivity contribution in [2.45, 2.75) is 39.2 Å². The Bertz CT molecular complexity index is 710. The predicted molar refractivity (Wildman–Crippen MR) is 106 cm³/mol. The second kappa shape index (κ2) is 9.95. The number of amides is 1. The highest BCUT2D eigenvalue weighted by Crippen LogP contribution is 2.26. The number of nitrogens with one attached hydrogen (secondary N) is 2. The number of carbonyl (C=O) groups excluding carboxylic acids is 1. The molecule has 1 aromatic carbocycles. The van der Waals surface area contributed by atoms with Crippen LogP contribution in [0.5, 0.6) is 0 Å². The molecular weight excluding hydrogens is 373 g/mol. The lowest BCUT2D eigenvalue weighted by atomic mass is 9.93. The Morgan fingerprint density at radius 3 is 2.69 bits per heavy atom. The summed E-state index contributed by atoms with van der Waals surface area (Å²) in [4.78, 5) is 16.5. The summed E-state index contributed by atoms with van der Waals surface area (Å²) in [5.41, 5.74) is 1.74. The van der Waals surface area contributed by atoms with Crippen LogP contribution in [0.25, 0.3) is 11.3 Å². The maximum Gasteiger partial charge on any atom is 0.220 e. The molecule has 1 aliphatic rings. The van der Waals surface area contributed by atoms with Gasteiger partial charge in [0.05, 0.1) is 12.2 Å². The monoisotopic (exact) mass is 397 g/mol. The molecule has 0 spiro atoms. The quantitative estimate of drug-likeness (QED) is 0.768. The van der Waals surface area contributed by atoms with Crippen molar-refractivity contribution in [3.63, 3.8) is 0 Å². The summed E-state index contributed by atoms with van der Waals surface area (Å²) in [6.45, 7) is 4.35. The summed E-state index contributed by atoms with van der Waals surface area (Å²) in [5.74, 6) is 1.96. The van der Waals surface area contributed by atoms with E-state index in [9.17, 15) is 4.79 Å². The first-order valence-corrected chi connectivity index (χ1v) is 9.19. The molecule has 2 aromatic rings. The Morgan fingerprint density at radius 2 is 2.00 bits per heavy atom. The number of nitrogens with zero attached hydrogens (tertiary/aromatic N) is 1. The first-order valence-electron chi connectivity index (χ1n) is 8.81. The molecule has 1 amide bonds. The molecular formula is C19H25Cl2N3O2. The number of oxazole rings is 1. The molecule has 2 N–H and O–H groups in total. The third-order valence-electron chi connectivity index (χ3n) is 4.62. The number of aryl methyl sites for hydroxylation is 1. The normalized spacial score (nSPS) is 14.7. The highest BCUT2D eigenvalue weighted by atomic mass is 35.5. The van der Waals surface area contributed by atoms with Gasteiger partial charge in [0, 0.05) is 17.0 Å². The molecule has 0 unspecified atom stereocenters. The van der Waals surface area contributed by atoms with Crippen LogP contribution in [-0.4, -0.2) is 24.0 Å². The summed E-state index contributed by atoms with van der Waals surface area (Å²) in [6, 6.07) is 7.44. The van der Waals surface area contributed by atoms with Crippen molar-refractivity contribution in [2.75, 3.05) is 13.1 Å². The third-order valence-corrected chi connectivity index (χ3v) is 4.87. The van der Waals surface area contributed by atoms with E-state index in [0.29, 0.717) is 29.8 Å². The fraction of sp³-hybridized carbons (Fsp3) is 0.474. The molecule has 7 heteroatoms. The van der Waals surface area contributed by atoms with Crippen molar-refractivity contribution in [3.05, 3.63) is 40.9 Å². The van der Waals surface area contributed by atoms with Crippen molar-refractivity contribution in [3.8, 4) is 11.3 Å². The van der Waals surface area contributed by atoms with Gasteiger partial charge in [-0.05, 0) is 69.5 Å². The van der Waals surface area contributed by atoms with Gasteiger partial charge in [-0.3, -0.25) is 4.79 Å². The minimum absolute atomic E-state index is 0. The molecule has 0 aliphatic carbocycles. The van der Waals surface area contributed by atoms with Gasteiger partial charge in [-0.1, -0.05) is 11.6 Å². The van der Waals surface area contributed by atoms with E-state index in [1.807, 2.05) is 31.2 Å². The maximum atomic E-state index is 12.0. The first-order chi connectivity index (χ1) is 12.1. The molecule has 0 radical (unpaired) electrons. The van der Waals surface area contributed by atoms with Gasteiger partial charge in [-0.15, -0.1) is 12.4 Å². The molecule has 2 heterocycles. The van der Waals surface area contributed by atoms with Crippen molar-refractivity contribution >= 4 is 29.9 Å². The van der Waals surface area contributed by atoms with E-state index in [1.54, 1.807) is 0 Å². The van der Waals surface area contributed by atoms with Crippen LogP contribution in [0.3, 0.4) is 0 Å². The number of halogens is 2. The van der Waals surface area contributed by atoms with E-state index in [0.717, 1.165) is 49.4 Å². The molecule has 0 saturated carbocycles. The van der Waals surface area contributed by atoms with Crippen LogP contribution in [0.15, 0.2) is 28.7 Å². The van der Waals surface area contributed by atoms with E-state index < -0.39 is 0 Å². The van der Waals surface area contributed by atoms with Gasteiger partial charge in [0.1, 0.15) is 0 Å². The third kappa shape index (κ3) is 5.73. The van der Waals surface area contributed by atoms with E-state index >= 15 is 0 Å². The van der Waals surface area contributed by atoms with Crippen LogP contribution in [-0.2, 0) is 11.3 Å². The molecule has 26 heavy (non-hydrogen) atoms. The number of carbonyl (C=O) groups is 1. The molecule has 3 rings (SSSR count). The van der Waals surface area contributed by atoms with Gasteiger partial charge in [0.15, 0.2) is 5.76 Å². The van der Waals surface area contributed by atoms with Crippen molar-refractivity contribution in [1.82, 2.24) is 15.6 Å². The lowest BCUT2D eigenvalue weighted by Gasteiger charge is -2.22. The summed E-state index contributed by atoms with van der Waals surface area (Å²) >= 11 is 5.92. The van der Waals surface area contributed by atoms with Gasteiger partial charge in [0.2, 0.25) is 11.8 Å². The Balaban J connectivity index is 0.00000243. The number of aromatic nitrogens is 1. The molecule has 5 nitrogen and oxygen atoms in total. The van der Waals surface area contributed by atoms with Crippen LogP contribution in [0, 0.1) is 12.8 Å². The highest BCUT2D eigenvalue weighted by Gasteiger charge is 2.16. The summed E-state index contributed by atoms with van der Waals surface area (Å²) in [7, 11) is 0. The lowest BCUT2D eigenvalue weighted by molar-refractivity contribution is -0.121. The summed E-state index contributed by atoms with van der Waals surface area (Å²) < 4.78 is 5.81.